The van der Waals surface area contributed by atoms with E-state index in [4.69, 9.17) is 11.0 Å². The number of hydrogen-bond donors (Lipinski definition) is 1. The Morgan fingerprint density at radius 2 is 2.00 bits per heavy atom. The molecule has 0 radical (unpaired) electrons. The molecule has 0 aliphatic carbocycles. The van der Waals surface area contributed by atoms with Crippen molar-refractivity contribution in [2.45, 2.75) is 26.4 Å². The van der Waals surface area contributed by atoms with E-state index in [-0.39, 0.29) is 6.04 Å². The van der Waals surface area contributed by atoms with E-state index in [2.05, 4.69) is 29.5 Å². The first-order valence-corrected chi connectivity index (χ1v) is 6.36. The number of benzene rings is 1. The summed E-state index contributed by atoms with van der Waals surface area (Å²) in [6.45, 7) is 4.93. The van der Waals surface area contributed by atoms with E-state index >= 15 is 0 Å². The second-order valence-electron chi connectivity index (χ2n) is 5.02. The maximum Gasteiger partial charge on any atom is 0.0991 e. The van der Waals surface area contributed by atoms with E-state index in [1.807, 2.05) is 30.5 Å². The summed E-state index contributed by atoms with van der Waals surface area (Å²) in [7, 11) is 0. The summed E-state index contributed by atoms with van der Waals surface area (Å²) >= 11 is 0. The van der Waals surface area contributed by atoms with E-state index in [0.717, 1.165) is 17.8 Å². The van der Waals surface area contributed by atoms with Crippen LogP contribution in [-0.2, 0) is 6.54 Å². The van der Waals surface area contributed by atoms with E-state index in [1.54, 1.807) is 6.33 Å². The average molecular weight is 254 g/mol. The van der Waals surface area contributed by atoms with Crippen LogP contribution < -0.4 is 5.73 Å². The fourth-order valence-electron chi connectivity index (χ4n) is 1.96. The smallest absolute Gasteiger partial charge is 0.0991 e. The molecule has 19 heavy (non-hydrogen) atoms. The Labute approximate surface area is 113 Å². The van der Waals surface area contributed by atoms with Crippen LogP contribution in [0.5, 0.6) is 0 Å². The molecule has 0 spiro atoms. The molecule has 2 aromatic rings. The maximum absolute atomic E-state index is 8.78. The largest absolute Gasteiger partial charge is 0.329 e. The lowest BCUT2D eigenvalue weighted by atomic mass is 10.0. The lowest BCUT2D eigenvalue weighted by Crippen LogP contribution is -2.20. The number of nitriles is 1. The summed E-state index contributed by atoms with van der Waals surface area (Å²) in [6, 6.07) is 9.68. The molecule has 1 atom stereocenters. The minimum Gasteiger partial charge on any atom is -0.329 e. The van der Waals surface area contributed by atoms with Gasteiger partial charge in [-0.15, -0.1) is 0 Å². The highest BCUT2D eigenvalue weighted by atomic mass is 15.1. The Hall–Kier alpha value is -2.12. The number of rotatable bonds is 4. The quantitative estimate of drug-likeness (QED) is 0.911. The van der Waals surface area contributed by atoms with E-state index < -0.39 is 0 Å². The van der Waals surface area contributed by atoms with Crippen molar-refractivity contribution < 1.29 is 0 Å². The van der Waals surface area contributed by atoms with Crippen molar-refractivity contribution >= 4 is 0 Å². The van der Waals surface area contributed by atoms with Crippen molar-refractivity contribution in [2.24, 2.45) is 11.7 Å². The Balaban J connectivity index is 2.19. The Bertz CT molecular complexity index is 575. The first kappa shape index (κ1) is 13.3. The fourth-order valence-corrected chi connectivity index (χ4v) is 1.96. The molecule has 0 fully saturated rings. The molecule has 0 aliphatic heterocycles. The molecule has 1 heterocycles. The zero-order valence-electron chi connectivity index (χ0n) is 11.2. The SMILES string of the molecule is CC(C)C(N)c1cncn1Cc1ccc(C#N)cc1. The molecule has 0 saturated heterocycles. The zero-order chi connectivity index (χ0) is 13.8. The predicted molar refractivity (Wildman–Crippen MR) is 74.3 cm³/mol. The standard InChI is InChI=1S/C15H18N4/c1-11(2)15(17)14-8-18-10-19(14)9-13-5-3-12(7-16)4-6-13/h3-6,8,10-11,15H,9,17H2,1-2H3. The summed E-state index contributed by atoms with van der Waals surface area (Å²) in [5, 5.41) is 8.78. The van der Waals surface area contributed by atoms with Crippen LogP contribution >= 0.6 is 0 Å². The summed E-state index contributed by atoms with van der Waals surface area (Å²) < 4.78 is 2.06. The number of aromatic nitrogens is 2. The van der Waals surface area contributed by atoms with Gasteiger partial charge < -0.3 is 10.3 Å². The lowest BCUT2D eigenvalue weighted by Gasteiger charge is -2.17. The first-order valence-electron chi connectivity index (χ1n) is 6.36. The van der Waals surface area contributed by atoms with Gasteiger partial charge in [-0.25, -0.2) is 4.98 Å². The van der Waals surface area contributed by atoms with Gasteiger partial charge in [0.25, 0.3) is 0 Å². The third-order valence-corrected chi connectivity index (χ3v) is 3.24. The monoisotopic (exact) mass is 254 g/mol. The summed E-state index contributed by atoms with van der Waals surface area (Å²) in [5.74, 6) is 0.372. The maximum atomic E-state index is 8.78. The normalized spacial score (nSPS) is 12.4. The van der Waals surface area contributed by atoms with E-state index in [9.17, 15) is 0 Å². The highest BCUT2D eigenvalue weighted by Gasteiger charge is 2.15. The molecule has 1 aromatic carbocycles. The van der Waals surface area contributed by atoms with E-state index in [0.29, 0.717) is 11.5 Å². The summed E-state index contributed by atoms with van der Waals surface area (Å²) in [6.07, 6.45) is 3.63. The van der Waals surface area contributed by atoms with E-state index in [1.165, 1.54) is 0 Å². The Kier molecular flexibility index (Phi) is 3.98. The van der Waals surface area contributed by atoms with Crippen LogP contribution in [-0.4, -0.2) is 9.55 Å². The average Bonchev–Trinajstić information content (AvgIpc) is 2.86. The minimum absolute atomic E-state index is 0.0131. The van der Waals surface area contributed by atoms with Crippen molar-refractivity contribution in [3.8, 4) is 6.07 Å². The van der Waals surface area contributed by atoms with Gasteiger partial charge in [0.2, 0.25) is 0 Å². The molecule has 0 aliphatic rings. The van der Waals surface area contributed by atoms with Gasteiger partial charge in [0.05, 0.1) is 23.7 Å². The van der Waals surface area contributed by atoms with Gasteiger partial charge in [-0.3, -0.25) is 0 Å². The predicted octanol–water partition coefficient (Wildman–Crippen LogP) is 2.46. The molecule has 0 amide bonds. The van der Waals surface area contributed by atoms with Crippen LogP contribution in [0.25, 0.3) is 0 Å². The van der Waals surface area contributed by atoms with Crippen LogP contribution in [0.3, 0.4) is 0 Å². The molecule has 1 aromatic heterocycles. The summed E-state index contributed by atoms with van der Waals surface area (Å²) in [4.78, 5) is 4.19. The molecule has 98 valence electrons. The number of imidazole rings is 1. The van der Waals surface area contributed by atoms with Gasteiger partial charge in [0.15, 0.2) is 0 Å². The van der Waals surface area contributed by atoms with Crippen LogP contribution in [0.15, 0.2) is 36.8 Å². The lowest BCUT2D eigenvalue weighted by molar-refractivity contribution is 0.484. The van der Waals surface area contributed by atoms with Crippen LogP contribution in [0.2, 0.25) is 0 Å². The molecular formula is C15H18N4. The first-order chi connectivity index (χ1) is 9.11. The molecular weight excluding hydrogens is 236 g/mol. The minimum atomic E-state index is -0.0131. The van der Waals surface area contributed by atoms with Crippen molar-refractivity contribution in [2.75, 3.05) is 0 Å². The van der Waals surface area contributed by atoms with Gasteiger partial charge in [0.1, 0.15) is 0 Å². The van der Waals surface area contributed by atoms with Crippen LogP contribution in [0.1, 0.15) is 36.7 Å². The van der Waals surface area contributed by atoms with Gasteiger partial charge in [-0.05, 0) is 23.6 Å². The fraction of sp³-hybridized carbons (Fsp3) is 0.333. The number of nitrogens with zero attached hydrogens (tertiary/aromatic N) is 3. The second-order valence-corrected chi connectivity index (χ2v) is 5.02. The zero-order valence-corrected chi connectivity index (χ0v) is 11.2. The molecule has 2 N–H and O–H groups in total. The van der Waals surface area contributed by atoms with Crippen LogP contribution in [0.4, 0.5) is 0 Å². The van der Waals surface area contributed by atoms with Gasteiger partial charge in [-0.2, -0.15) is 5.26 Å². The molecule has 2 rings (SSSR count). The third kappa shape index (κ3) is 3.01. The van der Waals surface area contributed by atoms with Crippen LogP contribution in [0, 0.1) is 17.2 Å². The van der Waals surface area contributed by atoms with Crippen molar-refractivity contribution in [1.29, 1.82) is 5.26 Å². The van der Waals surface area contributed by atoms with Crippen molar-refractivity contribution in [3.05, 3.63) is 53.6 Å². The Morgan fingerprint density at radius 1 is 1.32 bits per heavy atom. The Morgan fingerprint density at radius 3 is 2.58 bits per heavy atom. The molecule has 1 unspecified atom stereocenters. The van der Waals surface area contributed by atoms with Crippen molar-refractivity contribution in [3.63, 3.8) is 0 Å². The highest BCUT2D eigenvalue weighted by Crippen LogP contribution is 2.19. The molecule has 0 bridgehead atoms. The number of nitrogens with two attached hydrogens (primary N) is 1. The van der Waals surface area contributed by atoms with Gasteiger partial charge >= 0.3 is 0 Å². The van der Waals surface area contributed by atoms with Gasteiger partial charge in [-0.1, -0.05) is 26.0 Å². The second kappa shape index (κ2) is 5.68. The third-order valence-electron chi connectivity index (χ3n) is 3.24. The molecule has 0 saturated carbocycles. The molecule has 4 nitrogen and oxygen atoms in total. The highest BCUT2D eigenvalue weighted by molar-refractivity contribution is 5.31. The topological polar surface area (TPSA) is 67.6 Å². The molecule has 4 heteroatoms. The van der Waals surface area contributed by atoms with Gasteiger partial charge in [0, 0.05) is 18.8 Å². The summed E-state index contributed by atoms with van der Waals surface area (Å²) in [5.41, 5.74) is 9.03. The number of hydrogen-bond acceptors (Lipinski definition) is 3. The van der Waals surface area contributed by atoms with Crippen molar-refractivity contribution in [1.82, 2.24) is 9.55 Å².